The fourth-order valence-electron chi connectivity index (χ4n) is 2.25. The Morgan fingerprint density at radius 3 is 2.47 bits per heavy atom. The standard InChI is InChI=1S/C15H12FNO2/c16-11-4-1-9(2-5-11)14-6-3-10(8-17-14)12-7-13(12)15(18)19/h1-6,8,12-13H,7H2,(H,18,19)/t12-,13?/m0/s1. The number of rotatable bonds is 3. The predicted molar refractivity (Wildman–Crippen MR) is 68.1 cm³/mol. The smallest absolute Gasteiger partial charge is 0.307 e. The van der Waals surface area contributed by atoms with E-state index in [1.54, 1.807) is 18.3 Å². The van der Waals surface area contributed by atoms with Crippen molar-refractivity contribution >= 4 is 5.97 Å². The van der Waals surface area contributed by atoms with E-state index < -0.39 is 5.97 Å². The summed E-state index contributed by atoms with van der Waals surface area (Å²) in [6.45, 7) is 0. The van der Waals surface area contributed by atoms with Crippen molar-refractivity contribution in [3.63, 3.8) is 0 Å². The summed E-state index contributed by atoms with van der Waals surface area (Å²) in [5, 5.41) is 8.89. The molecule has 2 aromatic rings. The molecule has 1 aliphatic carbocycles. The SMILES string of the molecule is O=C(O)C1C[C@H]1c1ccc(-c2ccc(F)cc2)nc1. The van der Waals surface area contributed by atoms with Gasteiger partial charge in [-0.2, -0.15) is 0 Å². The number of pyridine rings is 1. The number of aliphatic carboxylic acids is 1. The predicted octanol–water partition coefficient (Wildman–Crippen LogP) is 3.08. The zero-order valence-corrected chi connectivity index (χ0v) is 10.1. The average Bonchev–Trinajstić information content (AvgIpc) is 3.20. The second-order valence-electron chi connectivity index (χ2n) is 4.77. The molecule has 1 saturated carbocycles. The number of carboxylic acid groups (broad SMARTS) is 1. The zero-order chi connectivity index (χ0) is 13.4. The molecule has 19 heavy (non-hydrogen) atoms. The molecular formula is C15H12FNO2. The molecule has 4 heteroatoms. The third kappa shape index (κ3) is 2.34. The van der Waals surface area contributed by atoms with Crippen LogP contribution in [0.25, 0.3) is 11.3 Å². The molecule has 96 valence electrons. The molecule has 0 radical (unpaired) electrons. The van der Waals surface area contributed by atoms with Gasteiger partial charge in [-0.05, 0) is 48.2 Å². The molecule has 0 spiro atoms. The van der Waals surface area contributed by atoms with Gasteiger partial charge < -0.3 is 5.11 Å². The number of carbonyl (C=O) groups is 1. The maximum absolute atomic E-state index is 12.8. The summed E-state index contributed by atoms with van der Waals surface area (Å²) in [4.78, 5) is 15.1. The van der Waals surface area contributed by atoms with Crippen molar-refractivity contribution in [2.24, 2.45) is 5.92 Å². The third-order valence-corrected chi connectivity index (χ3v) is 3.46. The van der Waals surface area contributed by atoms with Gasteiger partial charge in [0.25, 0.3) is 0 Å². The summed E-state index contributed by atoms with van der Waals surface area (Å²) in [7, 11) is 0. The van der Waals surface area contributed by atoms with E-state index in [1.807, 2.05) is 12.1 Å². The van der Waals surface area contributed by atoms with E-state index in [1.165, 1.54) is 12.1 Å². The summed E-state index contributed by atoms with van der Waals surface area (Å²) >= 11 is 0. The Hall–Kier alpha value is -2.23. The fourth-order valence-corrected chi connectivity index (χ4v) is 2.25. The first-order valence-corrected chi connectivity index (χ1v) is 6.10. The number of nitrogens with zero attached hydrogens (tertiary/aromatic N) is 1. The molecule has 1 aliphatic rings. The van der Waals surface area contributed by atoms with E-state index >= 15 is 0 Å². The Bertz CT molecular complexity index is 607. The Balaban J connectivity index is 1.80. The number of hydrogen-bond donors (Lipinski definition) is 1. The molecule has 3 nitrogen and oxygen atoms in total. The Kier molecular flexibility index (Phi) is 2.78. The lowest BCUT2D eigenvalue weighted by molar-refractivity contribution is -0.138. The number of benzene rings is 1. The van der Waals surface area contributed by atoms with Crippen molar-refractivity contribution in [3.8, 4) is 11.3 Å². The summed E-state index contributed by atoms with van der Waals surface area (Å²) in [6, 6.07) is 9.89. The van der Waals surface area contributed by atoms with Crippen LogP contribution in [0.5, 0.6) is 0 Å². The van der Waals surface area contributed by atoms with Crippen LogP contribution in [0.15, 0.2) is 42.6 Å². The fraction of sp³-hybridized carbons (Fsp3) is 0.200. The molecule has 0 amide bonds. The van der Waals surface area contributed by atoms with Gasteiger partial charge in [-0.15, -0.1) is 0 Å². The third-order valence-electron chi connectivity index (χ3n) is 3.46. The molecular weight excluding hydrogens is 245 g/mol. The first-order valence-electron chi connectivity index (χ1n) is 6.10. The highest BCUT2D eigenvalue weighted by atomic mass is 19.1. The zero-order valence-electron chi connectivity index (χ0n) is 10.1. The summed E-state index contributed by atoms with van der Waals surface area (Å²) < 4.78 is 12.8. The van der Waals surface area contributed by atoms with Gasteiger partial charge in [0.2, 0.25) is 0 Å². The largest absolute Gasteiger partial charge is 0.481 e. The monoisotopic (exact) mass is 257 g/mol. The van der Waals surface area contributed by atoms with Crippen LogP contribution in [-0.2, 0) is 4.79 Å². The molecule has 1 aromatic heterocycles. The van der Waals surface area contributed by atoms with Crippen LogP contribution in [0, 0.1) is 11.7 Å². The topological polar surface area (TPSA) is 50.2 Å². The number of carboxylic acids is 1. The highest BCUT2D eigenvalue weighted by Crippen LogP contribution is 2.47. The quantitative estimate of drug-likeness (QED) is 0.919. The van der Waals surface area contributed by atoms with E-state index in [4.69, 9.17) is 5.11 Å². The van der Waals surface area contributed by atoms with Crippen molar-refractivity contribution in [3.05, 3.63) is 54.0 Å². The maximum Gasteiger partial charge on any atom is 0.307 e. The van der Waals surface area contributed by atoms with E-state index in [0.29, 0.717) is 6.42 Å². The van der Waals surface area contributed by atoms with Gasteiger partial charge in [0.05, 0.1) is 11.6 Å². The lowest BCUT2D eigenvalue weighted by atomic mass is 10.1. The number of hydrogen-bond acceptors (Lipinski definition) is 2. The van der Waals surface area contributed by atoms with Crippen LogP contribution < -0.4 is 0 Å². The van der Waals surface area contributed by atoms with Gasteiger partial charge in [-0.25, -0.2) is 4.39 Å². The van der Waals surface area contributed by atoms with Gasteiger partial charge in [0, 0.05) is 11.8 Å². The van der Waals surface area contributed by atoms with Crippen molar-refractivity contribution in [2.45, 2.75) is 12.3 Å². The maximum atomic E-state index is 12.8. The molecule has 0 saturated heterocycles. The first kappa shape index (κ1) is 11.8. The van der Waals surface area contributed by atoms with E-state index in [-0.39, 0.29) is 17.7 Å². The van der Waals surface area contributed by atoms with Gasteiger partial charge >= 0.3 is 5.97 Å². The molecule has 1 fully saturated rings. The summed E-state index contributed by atoms with van der Waals surface area (Å²) in [6.07, 6.45) is 2.40. The minimum absolute atomic E-state index is 0.0901. The Morgan fingerprint density at radius 1 is 1.21 bits per heavy atom. The van der Waals surface area contributed by atoms with E-state index in [9.17, 15) is 9.18 Å². The van der Waals surface area contributed by atoms with Gasteiger partial charge in [0.1, 0.15) is 5.82 Å². The minimum atomic E-state index is -0.743. The molecule has 3 rings (SSSR count). The van der Waals surface area contributed by atoms with Crippen LogP contribution in [0.2, 0.25) is 0 Å². The second-order valence-corrected chi connectivity index (χ2v) is 4.77. The molecule has 0 bridgehead atoms. The number of halogens is 1. The van der Waals surface area contributed by atoms with E-state index in [0.717, 1.165) is 16.8 Å². The minimum Gasteiger partial charge on any atom is -0.481 e. The van der Waals surface area contributed by atoms with Crippen LogP contribution >= 0.6 is 0 Å². The molecule has 2 atom stereocenters. The Labute approximate surface area is 109 Å². The van der Waals surface area contributed by atoms with Gasteiger partial charge in [-0.3, -0.25) is 9.78 Å². The lowest BCUT2D eigenvalue weighted by Gasteiger charge is -2.03. The lowest BCUT2D eigenvalue weighted by Crippen LogP contribution is -1.99. The van der Waals surface area contributed by atoms with Crippen LogP contribution in [0.4, 0.5) is 4.39 Å². The van der Waals surface area contributed by atoms with Crippen molar-refractivity contribution in [2.75, 3.05) is 0 Å². The molecule has 0 aliphatic heterocycles. The van der Waals surface area contributed by atoms with Gasteiger partial charge in [0.15, 0.2) is 0 Å². The molecule has 1 aromatic carbocycles. The summed E-state index contributed by atoms with van der Waals surface area (Å²) in [5.74, 6) is -1.19. The van der Waals surface area contributed by atoms with Crippen molar-refractivity contribution in [1.82, 2.24) is 4.98 Å². The highest BCUT2D eigenvalue weighted by molar-refractivity contribution is 5.75. The molecule has 1 heterocycles. The molecule has 1 N–H and O–H groups in total. The van der Waals surface area contributed by atoms with Crippen LogP contribution in [-0.4, -0.2) is 16.1 Å². The second kappa shape index (κ2) is 4.46. The first-order chi connectivity index (χ1) is 9.15. The van der Waals surface area contributed by atoms with E-state index in [2.05, 4.69) is 4.98 Å². The van der Waals surface area contributed by atoms with Gasteiger partial charge in [-0.1, -0.05) is 6.07 Å². The van der Waals surface area contributed by atoms with Crippen molar-refractivity contribution in [1.29, 1.82) is 0 Å². The molecule has 1 unspecified atom stereocenters. The number of aromatic nitrogens is 1. The Morgan fingerprint density at radius 2 is 1.95 bits per heavy atom. The normalized spacial score (nSPS) is 21.1. The van der Waals surface area contributed by atoms with Crippen LogP contribution in [0.1, 0.15) is 17.9 Å². The summed E-state index contributed by atoms with van der Waals surface area (Å²) in [5.41, 5.74) is 2.56. The average molecular weight is 257 g/mol. The van der Waals surface area contributed by atoms with Crippen molar-refractivity contribution < 1.29 is 14.3 Å². The van der Waals surface area contributed by atoms with Crippen LogP contribution in [0.3, 0.4) is 0 Å². The highest BCUT2D eigenvalue weighted by Gasteiger charge is 2.44.